The predicted octanol–water partition coefficient (Wildman–Crippen LogP) is -3.82. The van der Waals surface area contributed by atoms with Crippen molar-refractivity contribution in [2.24, 2.45) is 5.92 Å². The van der Waals surface area contributed by atoms with E-state index in [1.165, 1.54) is 16.7 Å². The summed E-state index contributed by atoms with van der Waals surface area (Å²) in [6, 6.07) is 0. The molecule has 1 rings (SSSR count). The van der Waals surface area contributed by atoms with Gasteiger partial charge < -0.3 is 39.7 Å². The Morgan fingerprint density at radius 1 is 1.00 bits per heavy atom. The second kappa shape index (κ2) is 15.2. The monoisotopic (exact) mass is 343 g/mol. The molecule has 0 amide bonds. The molecule has 1 aliphatic carbocycles. The van der Waals surface area contributed by atoms with Crippen LogP contribution in [0, 0.1) is 26.8 Å². The molecule has 0 nitrogen and oxygen atoms in total. The van der Waals surface area contributed by atoms with Gasteiger partial charge in [-0.25, -0.2) is 5.57 Å². The van der Waals surface area contributed by atoms with E-state index >= 15 is 0 Å². The molecule has 0 aromatic rings. The molecule has 92 valence electrons. The molecule has 0 aliphatic heterocycles. The second-order valence-electron chi connectivity index (χ2n) is 2.80. The Labute approximate surface area is 132 Å². The number of rotatable bonds is 0. The fourth-order valence-corrected chi connectivity index (χ4v) is 1.16. The Morgan fingerprint density at radius 2 is 1.33 bits per heavy atom. The Balaban J connectivity index is -0.0000000337. The average molecular weight is 346 g/mol. The minimum atomic E-state index is 0. The summed E-state index contributed by atoms with van der Waals surface area (Å²) in [6.07, 6.45) is 3.36. The fraction of sp³-hybridized carbons (Fsp3) is 0.455. The van der Waals surface area contributed by atoms with Crippen molar-refractivity contribution in [1.29, 1.82) is 0 Å². The summed E-state index contributed by atoms with van der Waals surface area (Å²) in [5, 5.41) is 0. The van der Waals surface area contributed by atoms with Gasteiger partial charge in [0.15, 0.2) is 0 Å². The van der Waals surface area contributed by atoms with Crippen LogP contribution in [0.1, 0.15) is 27.7 Å². The van der Waals surface area contributed by atoms with Crippen LogP contribution in [0.2, 0.25) is 0 Å². The van der Waals surface area contributed by atoms with Crippen LogP contribution in [0.15, 0.2) is 16.7 Å². The largest absolute Gasteiger partial charge is 2.00 e. The molecule has 0 spiro atoms. The van der Waals surface area contributed by atoms with Crippen molar-refractivity contribution in [2.45, 2.75) is 27.7 Å². The Morgan fingerprint density at radius 3 is 1.40 bits per heavy atom. The Kier molecular flexibility index (Phi) is 36.4. The van der Waals surface area contributed by atoms with Crippen molar-refractivity contribution >= 4 is 11.0 Å². The van der Waals surface area contributed by atoms with E-state index in [1.807, 2.05) is 0 Å². The number of hydrogen-bond acceptors (Lipinski definition) is 0. The normalized spacial score (nSPS) is 16.3. The average Bonchev–Trinajstić information content (AvgIpc) is 1.98. The molecule has 1 unspecified atom stereocenters. The standard InChI is InChI=1S/C9H13.2CH3.2ClH.H4Si.Zr/c1-6-5-7(2)9(4)8(6)3;;;;;;/h6H,1-4H3;2*1H3;2*1H;1H4;/q3*-1;;;;+2/p-2. The molecule has 0 saturated carbocycles. The van der Waals surface area contributed by atoms with Crippen molar-refractivity contribution in [3.05, 3.63) is 37.6 Å². The summed E-state index contributed by atoms with van der Waals surface area (Å²) >= 11 is 0. The minimum Gasteiger partial charge on any atom is -1.00 e. The second-order valence-corrected chi connectivity index (χ2v) is 2.80. The van der Waals surface area contributed by atoms with Gasteiger partial charge in [0, 0.05) is 0 Å². The third-order valence-corrected chi connectivity index (χ3v) is 2.24. The molecule has 0 bridgehead atoms. The first-order valence-corrected chi connectivity index (χ1v) is 3.40. The van der Waals surface area contributed by atoms with Gasteiger partial charge in [0.2, 0.25) is 0 Å². The molecule has 0 aromatic carbocycles. The van der Waals surface area contributed by atoms with Crippen molar-refractivity contribution in [1.82, 2.24) is 0 Å². The zero-order chi connectivity index (χ0) is 7.02. The number of allylic oxidation sites excluding steroid dienone is 4. The van der Waals surface area contributed by atoms with E-state index in [2.05, 4.69) is 33.8 Å². The van der Waals surface area contributed by atoms with E-state index in [9.17, 15) is 0 Å². The molecule has 0 radical (unpaired) electrons. The maximum Gasteiger partial charge on any atom is 2.00 e. The van der Waals surface area contributed by atoms with E-state index < -0.39 is 0 Å². The van der Waals surface area contributed by atoms with Crippen LogP contribution in [0.5, 0.6) is 0 Å². The molecule has 0 heterocycles. The van der Waals surface area contributed by atoms with Crippen molar-refractivity contribution < 1.29 is 51.0 Å². The fourth-order valence-electron chi connectivity index (χ4n) is 1.16. The van der Waals surface area contributed by atoms with Crippen LogP contribution in [-0.2, 0) is 26.2 Å². The third kappa shape index (κ3) is 8.92. The summed E-state index contributed by atoms with van der Waals surface area (Å²) in [4.78, 5) is 0. The molecule has 0 fully saturated rings. The van der Waals surface area contributed by atoms with Gasteiger partial charge in [0.25, 0.3) is 0 Å². The minimum absolute atomic E-state index is 0. The molecular weight excluding hydrogens is 322 g/mol. The third-order valence-electron chi connectivity index (χ3n) is 2.24. The molecule has 0 saturated heterocycles. The van der Waals surface area contributed by atoms with E-state index in [-0.39, 0.29) is 76.8 Å². The first-order chi connectivity index (χ1) is 4.13. The first-order valence-electron chi connectivity index (χ1n) is 3.40. The topological polar surface area (TPSA) is 0 Å². The van der Waals surface area contributed by atoms with Crippen LogP contribution in [-0.4, -0.2) is 11.0 Å². The van der Waals surface area contributed by atoms with Crippen LogP contribution in [0.25, 0.3) is 0 Å². The number of halogens is 2. The van der Waals surface area contributed by atoms with Gasteiger partial charge in [-0.3, -0.25) is 6.08 Å². The van der Waals surface area contributed by atoms with Gasteiger partial charge in [0.05, 0.1) is 0 Å². The van der Waals surface area contributed by atoms with E-state index in [4.69, 9.17) is 0 Å². The maximum absolute atomic E-state index is 3.36. The zero-order valence-corrected chi connectivity index (χ0v) is 13.8. The van der Waals surface area contributed by atoms with Crippen LogP contribution in [0.3, 0.4) is 0 Å². The molecule has 4 heteroatoms. The smallest absolute Gasteiger partial charge is 1.00 e. The van der Waals surface area contributed by atoms with Gasteiger partial charge >= 0.3 is 26.2 Å². The first kappa shape index (κ1) is 36.0. The molecule has 0 aromatic heterocycles. The van der Waals surface area contributed by atoms with Crippen LogP contribution >= 0.6 is 0 Å². The Hall–Kier alpha value is 1.16. The predicted molar refractivity (Wildman–Crippen MR) is 64.1 cm³/mol. The summed E-state index contributed by atoms with van der Waals surface area (Å²) in [5.41, 5.74) is 4.25. The molecular formula is C11H23Cl2SiZr-3. The summed E-state index contributed by atoms with van der Waals surface area (Å²) in [6.45, 7) is 8.67. The molecule has 0 N–H and O–H groups in total. The quantitative estimate of drug-likeness (QED) is 0.312. The summed E-state index contributed by atoms with van der Waals surface area (Å²) in [5.74, 6) is 0.560. The molecule has 1 aliphatic rings. The Bertz CT molecular complexity index is 201. The van der Waals surface area contributed by atoms with Crippen molar-refractivity contribution in [3.63, 3.8) is 0 Å². The van der Waals surface area contributed by atoms with E-state index in [0.717, 1.165) is 0 Å². The summed E-state index contributed by atoms with van der Waals surface area (Å²) < 4.78 is 0. The van der Waals surface area contributed by atoms with Gasteiger partial charge in [-0.05, 0) is 11.0 Å². The van der Waals surface area contributed by atoms with Gasteiger partial charge in [-0.2, -0.15) is 11.1 Å². The van der Waals surface area contributed by atoms with E-state index in [1.54, 1.807) is 0 Å². The van der Waals surface area contributed by atoms with Crippen molar-refractivity contribution in [2.75, 3.05) is 0 Å². The van der Waals surface area contributed by atoms with Crippen LogP contribution < -0.4 is 24.8 Å². The zero-order valence-electron chi connectivity index (χ0n) is 9.83. The molecule has 15 heavy (non-hydrogen) atoms. The molecule has 1 atom stereocenters. The van der Waals surface area contributed by atoms with Crippen molar-refractivity contribution in [3.8, 4) is 0 Å². The van der Waals surface area contributed by atoms with Crippen LogP contribution in [0.4, 0.5) is 0 Å². The van der Waals surface area contributed by atoms with E-state index in [0.29, 0.717) is 5.92 Å². The van der Waals surface area contributed by atoms with Gasteiger partial charge in [0.1, 0.15) is 0 Å². The number of hydrogen-bond donors (Lipinski definition) is 0. The summed E-state index contributed by atoms with van der Waals surface area (Å²) in [7, 11) is 0. The SMILES string of the molecule is CC1=[C-]C(C)C(C)=C1C.[CH3-].[CH3-].[Cl-].[Cl-].[SiH4].[Zr+2]. The van der Waals surface area contributed by atoms with Gasteiger partial charge in [-0.15, -0.1) is 6.92 Å². The van der Waals surface area contributed by atoms with Gasteiger partial charge in [-0.1, -0.05) is 26.7 Å². The maximum atomic E-state index is 3.36.